The zero-order valence-electron chi connectivity index (χ0n) is 29.8. The Balaban J connectivity index is 1.08. The molecule has 0 radical (unpaired) electrons. The van der Waals surface area contributed by atoms with Crippen LogP contribution in [0, 0.1) is 0 Å². The number of hydrogen-bond donors (Lipinski definition) is 0. The predicted octanol–water partition coefficient (Wildman–Crippen LogP) is 14.8. The first-order valence-electron chi connectivity index (χ1n) is 18.3. The summed E-state index contributed by atoms with van der Waals surface area (Å²) in [7, 11) is 0. The Kier molecular flexibility index (Phi) is 7.42. The van der Waals surface area contributed by atoms with Gasteiger partial charge < -0.3 is 4.90 Å². The Labute approximate surface area is 315 Å². The van der Waals surface area contributed by atoms with Gasteiger partial charge in [0.05, 0.1) is 5.69 Å². The van der Waals surface area contributed by atoms with Gasteiger partial charge in [-0.2, -0.15) is 0 Å². The molecule has 0 atom stereocenters. The molecule has 1 aliphatic rings. The topological polar surface area (TPSA) is 3.24 Å². The summed E-state index contributed by atoms with van der Waals surface area (Å²) >= 11 is 1.87. The first-order valence-corrected chi connectivity index (χ1v) is 19.2. The zero-order valence-corrected chi connectivity index (χ0v) is 30.6. The zero-order chi connectivity index (χ0) is 35.5. The molecule has 10 rings (SSSR count). The van der Waals surface area contributed by atoms with Crippen LogP contribution in [0.1, 0.15) is 25.0 Å². The van der Waals surface area contributed by atoms with E-state index in [0.717, 1.165) is 17.1 Å². The van der Waals surface area contributed by atoms with Crippen molar-refractivity contribution in [3.8, 4) is 44.5 Å². The molecular weight excluding hydrogens is 659 g/mol. The summed E-state index contributed by atoms with van der Waals surface area (Å²) in [5.41, 5.74) is 16.1. The highest BCUT2D eigenvalue weighted by atomic mass is 32.1. The molecule has 9 aromatic rings. The molecule has 252 valence electrons. The van der Waals surface area contributed by atoms with E-state index in [4.69, 9.17) is 0 Å². The fourth-order valence-electron chi connectivity index (χ4n) is 8.43. The largest absolute Gasteiger partial charge is 0.310 e. The minimum atomic E-state index is -0.177. The maximum Gasteiger partial charge on any atom is 0.0540 e. The molecule has 0 N–H and O–H groups in total. The lowest BCUT2D eigenvalue weighted by atomic mass is 9.81. The molecule has 0 amide bonds. The van der Waals surface area contributed by atoms with Crippen LogP contribution in [0.25, 0.3) is 64.7 Å². The summed E-state index contributed by atoms with van der Waals surface area (Å²) in [6.45, 7) is 4.76. The Morgan fingerprint density at radius 1 is 0.396 bits per heavy atom. The summed E-state index contributed by atoms with van der Waals surface area (Å²) in [5, 5.41) is 2.64. The quantitative estimate of drug-likeness (QED) is 0.167. The molecule has 1 heterocycles. The van der Waals surface area contributed by atoms with Gasteiger partial charge in [0.25, 0.3) is 0 Å². The van der Waals surface area contributed by atoms with Gasteiger partial charge >= 0.3 is 0 Å². The maximum absolute atomic E-state index is 2.45. The molecule has 0 fully saturated rings. The van der Waals surface area contributed by atoms with Crippen LogP contribution in [0.15, 0.2) is 188 Å². The summed E-state index contributed by atoms with van der Waals surface area (Å²) in [4.78, 5) is 2.45. The normalized spacial score (nSPS) is 12.9. The lowest BCUT2D eigenvalue weighted by Crippen LogP contribution is -2.17. The van der Waals surface area contributed by atoms with Gasteiger partial charge in [0.2, 0.25) is 0 Å². The molecule has 0 aliphatic heterocycles. The third-order valence-electron chi connectivity index (χ3n) is 11.1. The van der Waals surface area contributed by atoms with Gasteiger partial charge in [-0.05, 0) is 98.6 Å². The number of nitrogens with zero attached hydrogens (tertiary/aromatic N) is 1. The molecule has 1 nitrogen and oxygen atoms in total. The minimum Gasteiger partial charge on any atom is -0.310 e. The molecule has 0 saturated heterocycles. The van der Waals surface area contributed by atoms with Crippen LogP contribution in [-0.2, 0) is 5.41 Å². The molecule has 0 unspecified atom stereocenters. The average molecular weight is 696 g/mol. The van der Waals surface area contributed by atoms with E-state index in [1.807, 2.05) is 11.3 Å². The van der Waals surface area contributed by atoms with E-state index >= 15 is 0 Å². The first kappa shape index (κ1) is 31.5. The van der Waals surface area contributed by atoms with Crippen molar-refractivity contribution in [2.75, 3.05) is 4.90 Å². The van der Waals surface area contributed by atoms with E-state index in [2.05, 4.69) is 207 Å². The molecule has 2 heteroatoms. The van der Waals surface area contributed by atoms with E-state index in [1.165, 1.54) is 75.8 Å². The molecular formula is C51H37NS. The SMILES string of the molecule is CC1(C)c2cc(-c3ccc(-c4ccccc4)cc3)ccc2-c2ccc(N(c3ccccc3)c3ccccc3-c3cccc4sc5ccccc5c34)cc21. The van der Waals surface area contributed by atoms with Crippen molar-refractivity contribution in [1.82, 2.24) is 0 Å². The number of anilines is 3. The Hall–Kier alpha value is -6.22. The molecule has 8 aromatic carbocycles. The number of fused-ring (bicyclic) bond motifs is 6. The second-order valence-electron chi connectivity index (χ2n) is 14.5. The van der Waals surface area contributed by atoms with Crippen molar-refractivity contribution in [2.45, 2.75) is 19.3 Å². The van der Waals surface area contributed by atoms with Crippen LogP contribution in [0.5, 0.6) is 0 Å². The van der Waals surface area contributed by atoms with E-state index in [0.29, 0.717) is 0 Å². The van der Waals surface area contributed by atoms with Crippen molar-refractivity contribution in [2.24, 2.45) is 0 Å². The first-order chi connectivity index (χ1) is 26.0. The Bertz CT molecular complexity index is 2790. The lowest BCUT2D eigenvalue weighted by molar-refractivity contribution is 0.660. The Morgan fingerprint density at radius 3 is 1.75 bits per heavy atom. The van der Waals surface area contributed by atoms with Crippen molar-refractivity contribution < 1.29 is 0 Å². The second kappa shape index (κ2) is 12.5. The Morgan fingerprint density at radius 2 is 0.962 bits per heavy atom. The van der Waals surface area contributed by atoms with Gasteiger partial charge in [-0.25, -0.2) is 0 Å². The number of benzene rings is 8. The van der Waals surface area contributed by atoms with Crippen LogP contribution in [-0.4, -0.2) is 0 Å². The highest BCUT2D eigenvalue weighted by molar-refractivity contribution is 7.25. The van der Waals surface area contributed by atoms with E-state index in [9.17, 15) is 0 Å². The van der Waals surface area contributed by atoms with Gasteiger partial charge in [0.15, 0.2) is 0 Å². The van der Waals surface area contributed by atoms with Crippen LogP contribution >= 0.6 is 11.3 Å². The number of thiophene rings is 1. The molecule has 0 spiro atoms. The second-order valence-corrected chi connectivity index (χ2v) is 15.6. The highest BCUT2D eigenvalue weighted by Crippen LogP contribution is 2.52. The van der Waals surface area contributed by atoms with Crippen molar-refractivity contribution in [3.05, 3.63) is 199 Å². The van der Waals surface area contributed by atoms with E-state index < -0.39 is 0 Å². The van der Waals surface area contributed by atoms with Crippen molar-refractivity contribution in [3.63, 3.8) is 0 Å². The van der Waals surface area contributed by atoms with E-state index in [-0.39, 0.29) is 5.41 Å². The number of hydrogen-bond acceptors (Lipinski definition) is 2. The summed E-state index contributed by atoms with van der Waals surface area (Å²) in [6.07, 6.45) is 0. The fourth-order valence-corrected chi connectivity index (χ4v) is 9.56. The third-order valence-corrected chi connectivity index (χ3v) is 12.2. The number of para-hydroxylation sites is 2. The fraction of sp³-hybridized carbons (Fsp3) is 0.0588. The molecule has 1 aliphatic carbocycles. The van der Waals surface area contributed by atoms with Crippen LogP contribution in [0.3, 0.4) is 0 Å². The average Bonchev–Trinajstić information content (AvgIpc) is 3.71. The minimum absolute atomic E-state index is 0.177. The molecule has 0 bridgehead atoms. The monoisotopic (exact) mass is 695 g/mol. The van der Waals surface area contributed by atoms with Gasteiger partial charge in [-0.3, -0.25) is 0 Å². The van der Waals surface area contributed by atoms with Crippen LogP contribution in [0.2, 0.25) is 0 Å². The maximum atomic E-state index is 2.45. The summed E-state index contributed by atoms with van der Waals surface area (Å²) in [6, 6.07) is 69.0. The van der Waals surface area contributed by atoms with Gasteiger partial charge in [-0.15, -0.1) is 11.3 Å². The van der Waals surface area contributed by atoms with Gasteiger partial charge in [-0.1, -0.05) is 153 Å². The highest BCUT2D eigenvalue weighted by Gasteiger charge is 2.36. The third kappa shape index (κ3) is 5.21. The van der Waals surface area contributed by atoms with Crippen LogP contribution in [0.4, 0.5) is 17.1 Å². The summed E-state index contributed by atoms with van der Waals surface area (Å²) in [5.74, 6) is 0. The molecule has 1 aromatic heterocycles. The number of rotatable bonds is 6. The predicted molar refractivity (Wildman–Crippen MR) is 228 cm³/mol. The van der Waals surface area contributed by atoms with Crippen molar-refractivity contribution >= 4 is 48.6 Å². The standard InChI is InChI=1S/C51H37NS/c1-51(2)45-32-37(36-26-24-35(25-27-36)34-14-5-3-6-15-34)28-30-40(45)41-31-29-39(33-46(41)51)52(38-16-7-4-8-17-38)47-21-11-9-18-42(47)43-20-13-23-49-50(43)44-19-10-12-22-48(44)53-49/h3-33H,1-2H3. The molecule has 53 heavy (non-hydrogen) atoms. The summed E-state index contributed by atoms with van der Waals surface area (Å²) < 4.78 is 2.63. The van der Waals surface area contributed by atoms with Gasteiger partial charge in [0, 0.05) is 42.5 Å². The smallest absolute Gasteiger partial charge is 0.0540 e. The van der Waals surface area contributed by atoms with Crippen molar-refractivity contribution in [1.29, 1.82) is 0 Å². The van der Waals surface area contributed by atoms with Crippen LogP contribution < -0.4 is 4.90 Å². The lowest BCUT2D eigenvalue weighted by Gasteiger charge is -2.30. The molecule has 0 saturated carbocycles. The van der Waals surface area contributed by atoms with Gasteiger partial charge in [0.1, 0.15) is 0 Å². The van der Waals surface area contributed by atoms with E-state index in [1.54, 1.807) is 0 Å².